The standard InChI is InChI=1S/C16H28N.HI/c1-4-6-13-11-16(2)15-8-5-7-14(15)9-10-17(16,3)12-13;/h13H,4-12H2,1-3H3;1H/q+1;/p-1. The lowest BCUT2D eigenvalue weighted by atomic mass is 9.79. The Kier molecular flexibility index (Phi) is 4.19. The Bertz CT molecular complexity index is 362. The normalized spacial score (nSPS) is 42.5. The van der Waals surface area contributed by atoms with Gasteiger partial charge in [-0.15, -0.1) is 0 Å². The second kappa shape index (κ2) is 5.08. The number of nitrogens with zero attached hydrogens (tertiary/aromatic N) is 1. The number of hydrogen-bond donors (Lipinski definition) is 0. The molecule has 3 aliphatic rings. The minimum absolute atomic E-state index is 0. The largest absolute Gasteiger partial charge is 1.00 e. The van der Waals surface area contributed by atoms with E-state index in [1.807, 2.05) is 11.1 Å². The van der Waals surface area contributed by atoms with Crippen molar-refractivity contribution >= 4 is 0 Å². The van der Waals surface area contributed by atoms with Crippen LogP contribution in [0.2, 0.25) is 0 Å². The van der Waals surface area contributed by atoms with Gasteiger partial charge in [-0.25, -0.2) is 0 Å². The monoisotopic (exact) mass is 361 g/mol. The van der Waals surface area contributed by atoms with Crippen molar-refractivity contribution in [3.8, 4) is 0 Å². The van der Waals surface area contributed by atoms with Gasteiger partial charge in [-0.3, -0.25) is 0 Å². The van der Waals surface area contributed by atoms with E-state index in [1.165, 1.54) is 62.5 Å². The molecule has 1 saturated heterocycles. The van der Waals surface area contributed by atoms with Gasteiger partial charge in [-0.1, -0.05) is 18.9 Å². The van der Waals surface area contributed by atoms with Gasteiger partial charge in [0.15, 0.2) is 0 Å². The van der Waals surface area contributed by atoms with E-state index in [2.05, 4.69) is 20.9 Å². The third-order valence-electron chi connectivity index (χ3n) is 6.13. The summed E-state index contributed by atoms with van der Waals surface area (Å²) in [5.74, 6) is 0.988. The minimum atomic E-state index is 0. The van der Waals surface area contributed by atoms with Crippen LogP contribution in [0.15, 0.2) is 11.1 Å². The molecule has 3 atom stereocenters. The van der Waals surface area contributed by atoms with Crippen LogP contribution in [0.5, 0.6) is 0 Å². The number of rotatable bonds is 2. The van der Waals surface area contributed by atoms with Crippen molar-refractivity contribution in [3.63, 3.8) is 0 Å². The van der Waals surface area contributed by atoms with Crippen molar-refractivity contribution in [2.45, 2.75) is 64.3 Å². The zero-order chi connectivity index (χ0) is 12.1. The number of likely N-dealkylation sites (N-methyl/N-ethyl adjacent to an activating group) is 1. The van der Waals surface area contributed by atoms with Crippen molar-refractivity contribution in [1.29, 1.82) is 0 Å². The smallest absolute Gasteiger partial charge is 0.118 e. The van der Waals surface area contributed by atoms with E-state index in [4.69, 9.17) is 0 Å². The van der Waals surface area contributed by atoms with Crippen LogP contribution < -0.4 is 24.0 Å². The molecule has 3 unspecified atom stereocenters. The van der Waals surface area contributed by atoms with Gasteiger partial charge in [0.1, 0.15) is 5.54 Å². The van der Waals surface area contributed by atoms with Crippen LogP contribution in [0.25, 0.3) is 0 Å². The van der Waals surface area contributed by atoms with Gasteiger partial charge in [0, 0.05) is 18.8 Å². The average molecular weight is 361 g/mol. The van der Waals surface area contributed by atoms with Crippen LogP contribution >= 0.6 is 0 Å². The first-order valence-corrected chi connectivity index (χ1v) is 7.65. The predicted octanol–water partition coefficient (Wildman–Crippen LogP) is 0.900. The second-order valence-corrected chi connectivity index (χ2v) is 7.12. The molecule has 1 nitrogen and oxygen atoms in total. The third-order valence-corrected chi connectivity index (χ3v) is 6.13. The summed E-state index contributed by atoms with van der Waals surface area (Å²) in [6, 6.07) is 0. The van der Waals surface area contributed by atoms with E-state index in [0.29, 0.717) is 5.54 Å². The third kappa shape index (κ3) is 1.98. The Balaban J connectivity index is 0.00000120. The number of hydrogen-bond acceptors (Lipinski definition) is 0. The van der Waals surface area contributed by atoms with E-state index in [9.17, 15) is 0 Å². The maximum absolute atomic E-state index is 2.59. The maximum atomic E-state index is 2.59. The fourth-order valence-corrected chi connectivity index (χ4v) is 5.12. The Labute approximate surface area is 130 Å². The summed E-state index contributed by atoms with van der Waals surface area (Å²) in [6.45, 7) is 7.79. The van der Waals surface area contributed by atoms with Crippen LogP contribution in [-0.2, 0) is 0 Å². The first-order valence-electron chi connectivity index (χ1n) is 7.65. The maximum Gasteiger partial charge on any atom is 0.118 e. The molecule has 0 aromatic heterocycles. The zero-order valence-electron chi connectivity index (χ0n) is 12.3. The molecule has 2 heterocycles. The Hall–Kier alpha value is 0.430. The molecule has 0 bridgehead atoms. The number of halogens is 1. The molecule has 18 heavy (non-hydrogen) atoms. The predicted molar refractivity (Wildman–Crippen MR) is 72.8 cm³/mol. The first kappa shape index (κ1) is 14.8. The fraction of sp³-hybridized carbons (Fsp3) is 0.875. The van der Waals surface area contributed by atoms with Gasteiger partial charge in [-0.05, 0) is 38.2 Å². The van der Waals surface area contributed by atoms with Crippen LogP contribution in [0, 0.1) is 5.92 Å². The van der Waals surface area contributed by atoms with E-state index >= 15 is 0 Å². The van der Waals surface area contributed by atoms with Gasteiger partial charge in [-0.2, -0.15) is 0 Å². The van der Waals surface area contributed by atoms with Gasteiger partial charge >= 0.3 is 0 Å². The van der Waals surface area contributed by atoms with Crippen LogP contribution in [-0.4, -0.2) is 30.2 Å². The van der Waals surface area contributed by atoms with E-state index in [1.54, 1.807) is 0 Å². The van der Waals surface area contributed by atoms with Gasteiger partial charge in [0.25, 0.3) is 0 Å². The molecule has 3 rings (SSSR count). The second-order valence-electron chi connectivity index (χ2n) is 7.12. The molecule has 1 fully saturated rings. The topological polar surface area (TPSA) is 0 Å². The first-order chi connectivity index (χ1) is 8.09. The summed E-state index contributed by atoms with van der Waals surface area (Å²) in [5, 5.41) is 0. The summed E-state index contributed by atoms with van der Waals surface area (Å²) in [4.78, 5) is 0. The molecule has 0 amide bonds. The highest BCUT2D eigenvalue weighted by molar-refractivity contribution is 5.31. The molecule has 2 heteroatoms. The number of fused-ring (bicyclic) bond motifs is 2. The molecular weight excluding hydrogens is 333 g/mol. The van der Waals surface area contributed by atoms with Crippen molar-refractivity contribution in [2.75, 3.05) is 20.1 Å². The Morgan fingerprint density at radius 1 is 1.28 bits per heavy atom. The van der Waals surface area contributed by atoms with E-state index in [-0.39, 0.29) is 24.0 Å². The molecule has 104 valence electrons. The summed E-state index contributed by atoms with van der Waals surface area (Å²) in [5.41, 5.74) is 4.27. The van der Waals surface area contributed by atoms with Crippen molar-refractivity contribution < 1.29 is 28.5 Å². The van der Waals surface area contributed by atoms with E-state index < -0.39 is 0 Å². The van der Waals surface area contributed by atoms with E-state index in [0.717, 1.165) is 5.92 Å². The lowest BCUT2D eigenvalue weighted by Crippen LogP contribution is -3.00. The summed E-state index contributed by atoms with van der Waals surface area (Å²) >= 11 is 0. The molecule has 1 aliphatic carbocycles. The lowest BCUT2D eigenvalue weighted by molar-refractivity contribution is -0.941. The summed E-state index contributed by atoms with van der Waals surface area (Å²) < 4.78 is 1.36. The molecule has 2 aliphatic heterocycles. The molecule has 0 aromatic carbocycles. The zero-order valence-corrected chi connectivity index (χ0v) is 14.4. The quantitative estimate of drug-likeness (QED) is 0.390. The van der Waals surface area contributed by atoms with Crippen molar-refractivity contribution in [1.82, 2.24) is 0 Å². The molecule has 0 aromatic rings. The molecule has 0 saturated carbocycles. The van der Waals surface area contributed by atoms with Crippen molar-refractivity contribution in [3.05, 3.63) is 11.1 Å². The summed E-state index contributed by atoms with van der Waals surface area (Å²) in [7, 11) is 2.54. The van der Waals surface area contributed by atoms with Gasteiger partial charge in [0.05, 0.1) is 20.1 Å². The van der Waals surface area contributed by atoms with Crippen molar-refractivity contribution in [2.24, 2.45) is 5.92 Å². The summed E-state index contributed by atoms with van der Waals surface area (Å²) in [6.07, 6.45) is 9.97. The molecule has 0 radical (unpaired) electrons. The van der Waals surface area contributed by atoms with Crippen LogP contribution in [0.4, 0.5) is 0 Å². The Morgan fingerprint density at radius 3 is 2.78 bits per heavy atom. The Morgan fingerprint density at radius 2 is 2.06 bits per heavy atom. The lowest BCUT2D eigenvalue weighted by Gasteiger charge is -2.48. The highest BCUT2D eigenvalue weighted by Gasteiger charge is 2.57. The fourth-order valence-electron chi connectivity index (χ4n) is 5.12. The van der Waals surface area contributed by atoms with Crippen LogP contribution in [0.3, 0.4) is 0 Å². The molecule has 0 spiro atoms. The highest BCUT2D eigenvalue weighted by Crippen LogP contribution is 2.53. The number of quaternary nitrogens is 1. The molecule has 0 N–H and O–H groups in total. The van der Waals surface area contributed by atoms with Gasteiger partial charge < -0.3 is 28.5 Å². The highest BCUT2D eigenvalue weighted by atomic mass is 127. The minimum Gasteiger partial charge on any atom is -1.00 e. The van der Waals surface area contributed by atoms with Crippen LogP contribution in [0.1, 0.15) is 58.8 Å². The average Bonchev–Trinajstić information content (AvgIpc) is 2.82. The van der Waals surface area contributed by atoms with Gasteiger partial charge in [0.2, 0.25) is 0 Å². The molecular formula is C16H28IN. The SMILES string of the molecule is CCCC1CC2(C)C3=C(CCC3)CC[N+]2(C)C1.[I-].